The van der Waals surface area contributed by atoms with E-state index in [-0.39, 0.29) is 17.2 Å². The van der Waals surface area contributed by atoms with Crippen molar-refractivity contribution in [2.45, 2.75) is 0 Å². The molecule has 0 aliphatic rings. The van der Waals surface area contributed by atoms with E-state index in [9.17, 15) is 14.7 Å². The lowest BCUT2D eigenvalue weighted by Gasteiger charge is -2.10. The van der Waals surface area contributed by atoms with Crippen molar-refractivity contribution in [3.8, 4) is 11.1 Å². The Hall–Kier alpha value is -3.34. The van der Waals surface area contributed by atoms with Gasteiger partial charge in [0.2, 0.25) is 0 Å². The molecule has 1 aromatic heterocycles. The Morgan fingerprint density at radius 1 is 0.957 bits per heavy atom. The quantitative estimate of drug-likeness (QED) is 0.766. The minimum atomic E-state index is -1.10. The predicted octanol–water partition coefficient (Wildman–Crippen LogP) is 3.90. The van der Waals surface area contributed by atoms with Crippen molar-refractivity contribution in [1.29, 1.82) is 0 Å². The molecule has 114 valence electrons. The number of nitrogens with one attached hydrogen (secondary N) is 1. The molecule has 0 saturated heterocycles. The third kappa shape index (κ3) is 3.13. The van der Waals surface area contributed by atoms with Gasteiger partial charge in [0.05, 0.1) is 23.8 Å². The van der Waals surface area contributed by atoms with E-state index in [4.69, 9.17) is 4.42 Å². The molecule has 5 nitrogen and oxygen atoms in total. The highest BCUT2D eigenvalue weighted by Crippen LogP contribution is 2.26. The van der Waals surface area contributed by atoms with Crippen LogP contribution in [0.25, 0.3) is 11.1 Å². The molecule has 0 bridgehead atoms. The predicted molar refractivity (Wildman–Crippen MR) is 85.5 cm³/mol. The van der Waals surface area contributed by atoms with Crippen LogP contribution in [0.15, 0.2) is 71.5 Å². The zero-order valence-electron chi connectivity index (χ0n) is 12.0. The molecule has 5 heteroatoms. The van der Waals surface area contributed by atoms with Crippen LogP contribution in [0.1, 0.15) is 20.7 Å². The summed E-state index contributed by atoms with van der Waals surface area (Å²) in [6.07, 6.45) is 3.08. The molecule has 0 aliphatic heterocycles. The number of benzene rings is 2. The highest BCUT2D eigenvalue weighted by Gasteiger charge is 2.15. The van der Waals surface area contributed by atoms with Crippen LogP contribution in [0.3, 0.4) is 0 Å². The second-order valence-electron chi connectivity index (χ2n) is 4.90. The third-order valence-corrected chi connectivity index (χ3v) is 3.39. The fourth-order valence-electron chi connectivity index (χ4n) is 2.23. The van der Waals surface area contributed by atoms with Crippen LogP contribution in [-0.4, -0.2) is 17.0 Å². The van der Waals surface area contributed by atoms with E-state index in [1.165, 1.54) is 12.3 Å². The normalized spacial score (nSPS) is 10.3. The Kier molecular flexibility index (Phi) is 3.93. The van der Waals surface area contributed by atoms with Crippen molar-refractivity contribution in [1.82, 2.24) is 0 Å². The number of carboxylic acids is 1. The molecule has 2 aromatic carbocycles. The largest absolute Gasteiger partial charge is 0.478 e. The van der Waals surface area contributed by atoms with Gasteiger partial charge in [0.25, 0.3) is 5.91 Å². The summed E-state index contributed by atoms with van der Waals surface area (Å²) in [6.45, 7) is 0. The first kappa shape index (κ1) is 14.6. The number of rotatable bonds is 4. The second-order valence-corrected chi connectivity index (χ2v) is 4.90. The highest BCUT2D eigenvalue weighted by molar-refractivity contribution is 6.08. The summed E-state index contributed by atoms with van der Waals surface area (Å²) < 4.78 is 5.03. The molecule has 1 amide bonds. The number of carboxylic acid groups (broad SMARTS) is 1. The van der Waals surface area contributed by atoms with Gasteiger partial charge in [-0.3, -0.25) is 4.79 Å². The smallest absolute Gasteiger partial charge is 0.337 e. The van der Waals surface area contributed by atoms with Crippen molar-refractivity contribution in [2.75, 3.05) is 5.32 Å². The lowest BCUT2D eigenvalue weighted by atomic mass is 10.0. The Bertz CT molecular complexity index is 839. The molecule has 3 aromatic rings. The Morgan fingerprint density at radius 3 is 2.39 bits per heavy atom. The van der Waals surface area contributed by atoms with E-state index in [2.05, 4.69) is 5.32 Å². The molecule has 0 atom stereocenters. The zero-order valence-corrected chi connectivity index (χ0v) is 12.0. The summed E-state index contributed by atoms with van der Waals surface area (Å²) >= 11 is 0. The van der Waals surface area contributed by atoms with Gasteiger partial charge < -0.3 is 14.8 Å². The van der Waals surface area contributed by atoms with Crippen LogP contribution in [-0.2, 0) is 0 Å². The molecule has 0 aliphatic carbocycles. The van der Waals surface area contributed by atoms with E-state index in [0.29, 0.717) is 5.56 Å². The average Bonchev–Trinajstić information content (AvgIpc) is 3.10. The van der Waals surface area contributed by atoms with Gasteiger partial charge in [-0.15, -0.1) is 0 Å². The number of anilines is 1. The standard InChI is InChI=1S/C18H13NO4/c20-17(12-4-2-1-3-5-12)19-16-10-13(14-8-9-23-11-14)6-7-15(16)18(21)22/h1-11H,(H,19,20)(H,21,22). The highest BCUT2D eigenvalue weighted by atomic mass is 16.4. The average molecular weight is 307 g/mol. The SMILES string of the molecule is O=C(Nc1cc(-c2ccoc2)ccc1C(=O)O)c1ccccc1. The topological polar surface area (TPSA) is 79.5 Å². The van der Waals surface area contributed by atoms with Gasteiger partial charge >= 0.3 is 5.97 Å². The number of hydrogen-bond acceptors (Lipinski definition) is 3. The van der Waals surface area contributed by atoms with E-state index in [0.717, 1.165) is 11.1 Å². The first-order valence-corrected chi connectivity index (χ1v) is 6.91. The van der Waals surface area contributed by atoms with E-state index < -0.39 is 5.97 Å². The third-order valence-electron chi connectivity index (χ3n) is 3.39. The molecule has 0 fully saturated rings. The van der Waals surface area contributed by atoms with Gasteiger partial charge in [0.15, 0.2) is 0 Å². The lowest BCUT2D eigenvalue weighted by Crippen LogP contribution is -2.14. The molecule has 0 unspecified atom stereocenters. The second kappa shape index (κ2) is 6.19. The van der Waals surface area contributed by atoms with E-state index in [1.54, 1.807) is 54.8 Å². The van der Waals surface area contributed by atoms with Crippen LogP contribution >= 0.6 is 0 Å². The number of carbonyl (C=O) groups excluding carboxylic acids is 1. The Balaban J connectivity index is 1.97. The maximum atomic E-state index is 12.3. The molecule has 1 heterocycles. The van der Waals surface area contributed by atoms with Crippen molar-refractivity contribution in [2.24, 2.45) is 0 Å². The molecular weight excluding hydrogens is 294 g/mol. The molecule has 0 radical (unpaired) electrons. The fraction of sp³-hybridized carbons (Fsp3) is 0. The van der Waals surface area contributed by atoms with Gasteiger partial charge in [-0.2, -0.15) is 0 Å². The number of amides is 1. The number of hydrogen-bond donors (Lipinski definition) is 2. The van der Waals surface area contributed by atoms with Gasteiger partial charge in [-0.05, 0) is 35.9 Å². The summed E-state index contributed by atoms with van der Waals surface area (Å²) in [5.41, 5.74) is 2.29. The minimum absolute atomic E-state index is 0.0292. The first-order valence-electron chi connectivity index (χ1n) is 6.91. The first-order chi connectivity index (χ1) is 11.1. The summed E-state index contributed by atoms with van der Waals surface area (Å²) in [7, 11) is 0. The Labute approximate surface area is 132 Å². The van der Waals surface area contributed by atoms with Crippen molar-refractivity contribution in [3.63, 3.8) is 0 Å². The molecular formula is C18H13NO4. The molecule has 2 N–H and O–H groups in total. The van der Waals surface area contributed by atoms with E-state index >= 15 is 0 Å². The summed E-state index contributed by atoms with van der Waals surface area (Å²) in [4.78, 5) is 23.6. The van der Waals surface area contributed by atoms with Crippen molar-refractivity contribution >= 4 is 17.6 Å². The Morgan fingerprint density at radius 2 is 1.74 bits per heavy atom. The zero-order chi connectivity index (χ0) is 16.2. The summed E-state index contributed by atoms with van der Waals surface area (Å²) in [6, 6.07) is 15.1. The van der Waals surface area contributed by atoms with Gasteiger partial charge in [-0.1, -0.05) is 24.3 Å². The number of carbonyl (C=O) groups is 2. The molecule has 3 rings (SSSR count). The maximum absolute atomic E-state index is 12.3. The van der Waals surface area contributed by atoms with Crippen LogP contribution in [0.5, 0.6) is 0 Å². The molecule has 0 spiro atoms. The van der Waals surface area contributed by atoms with E-state index in [1.807, 2.05) is 0 Å². The minimum Gasteiger partial charge on any atom is -0.478 e. The molecule has 23 heavy (non-hydrogen) atoms. The monoisotopic (exact) mass is 307 g/mol. The van der Waals surface area contributed by atoms with Crippen LogP contribution < -0.4 is 5.32 Å². The van der Waals surface area contributed by atoms with Crippen LogP contribution in [0.4, 0.5) is 5.69 Å². The van der Waals surface area contributed by atoms with Gasteiger partial charge in [0, 0.05) is 11.1 Å². The lowest BCUT2D eigenvalue weighted by molar-refractivity contribution is 0.0698. The summed E-state index contributed by atoms with van der Waals surface area (Å²) in [5.74, 6) is -1.47. The van der Waals surface area contributed by atoms with Crippen LogP contribution in [0, 0.1) is 0 Å². The van der Waals surface area contributed by atoms with Gasteiger partial charge in [-0.25, -0.2) is 4.79 Å². The van der Waals surface area contributed by atoms with Crippen molar-refractivity contribution in [3.05, 3.63) is 78.3 Å². The maximum Gasteiger partial charge on any atom is 0.337 e. The van der Waals surface area contributed by atoms with Crippen LogP contribution in [0.2, 0.25) is 0 Å². The number of aromatic carboxylic acids is 1. The number of furan rings is 1. The van der Waals surface area contributed by atoms with Crippen molar-refractivity contribution < 1.29 is 19.1 Å². The molecule has 0 saturated carbocycles. The fourth-order valence-corrected chi connectivity index (χ4v) is 2.23. The summed E-state index contributed by atoms with van der Waals surface area (Å²) in [5, 5.41) is 12.0. The van der Waals surface area contributed by atoms with Gasteiger partial charge in [0.1, 0.15) is 0 Å².